The SMILES string of the molecule is COc1cc(N2CCCC(CCO)C2)ccn1. The van der Waals surface area contributed by atoms with Crippen molar-refractivity contribution in [2.24, 2.45) is 5.92 Å². The Kier molecular flexibility index (Phi) is 4.20. The Morgan fingerprint density at radius 2 is 2.47 bits per heavy atom. The van der Waals surface area contributed by atoms with E-state index in [9.17, 15) is 0 Å². The van der Waals surface area contributed by atoms with Crippen LogP contribution in [0.2, 0.25) is 0 Å². The highest BCUT2D eigenvalue weighted by molar-refractivity contribution is 5.48. The standard InChI is InChI=1S/C13H20N2O2/c1-17-13-9-12(4-6-14-13)15-7-2-3-11(10-15)5-8-16/h4,6,9,11,16H,2-3,5,7-8,10H2,1H3. The maximum atomic E-state index is 9.01. The van der Waals surface area contributed by atoms with Crippen LogP contribution in [0, 0.1) is 5.92 Å². The summed E-state index contributed by atoms with van der Waals surface area (Å²) < 4.78 is 5.14. The van der Waals surface area contributed by atoms with Crippen molar-refractivity contribution in [1.82, 2.24) is 4.98 Å². The van der Waals surface area contributed by atoms with Crippen molar-refractivity contribution in [3.05, 3.63) is 18.3 Å². The number of aromatic nitrogens is 1. The van der Waals surface area contributed by atoms with Gasteiger partial charge in [0.05, 0.1) is 7.11 Å². The summed E-state index contributed by atoms with van der Waals surface area (Å²) in [6.07, 6.45) is 5.09. The minimum Gasteiger partial charge on any atom is -0.481 e. The van der Waals surface area contributed by atoms with E-state index in [4.69, 9.17) is 9.84 Å². The summed E-state index contributed by atoms with van der Waals surface area (Å²) in [6.45, 7) is 2.39. The maximum Gasteiger partial charge on any atom is 0.214 e. The minimum atomic E-state index is 0.290. The summed E-state index contributed by atoms with van der Waals surface area (Å²) in [7, 11) is 1.64. The number of hydrogen-bond acceptors (Lipinski definition) is 4. The van der Waals surface area contributed by atoms with Crippen LogP contribution in [0.15, 0.2) is 18.3 Å². The Morgan fingerprint density at radius 1 is 1.59 bits per heavy atom. The Bertz CT molecular complexity index is 355. The summed E-state index contributed by atoms with van der Waals surface area (Å²) >= 11 is 0. The van der Waals surface area contributed by atoms with Crippen molar-refractivity contribution >= 4 is 5.69 Å². The summed E-state index contributed by atoms with van der Waals surface area (Å²) in [5, 5.41) is 9.01. The van der Waals surface area contributed by atoms with E-state index < -0.39 is 0 Å². The van der Waals surface area contributed by atoms with E-state index in [2.05, 4.69) is 9.88 Å². The van der Waals surface area contributed by atoms with E-state index in [-0.39, 0.29) is 6.61 Å². The van der Waals surface area contributed by atoms with E-state index in [1.54, 1.807) is 13.3 Å². The van der Waals surface area contributed by atoms with Crippen molar-refractivity contribution in [3.63, 3.8) is 0 Å². The topological polar surface area (TPSA) is 45.6 Å². The number of piperidine rings is 1. The fourth-order valence-corrected chi connectivity index (χ4v) is 2.43. The van der Waals surface area contributed by atoms with Crippen LogP contribution in [0.5, 0.6) is 5.88 Å². The number of aliphatic hydroxyl groups excluding tert-OH is 1. The quantitative estimate of drug-likeness (QED) is 0.864. The summed E-state index contributed by atoms with van der Waals surface area (Å²) in [5.74, 6) is 1.26. The molecule has 2 heterocycles. The average Bonchev–Trinajstić information content (AvgIpc) is 2.40. The molecular weight excluding hydrogens is 216 g/mol. The Balaban J connectivity index is 2.05. The Labute approximate surface area is 102 Å². The molecule has 2 rings (SSSR count). The number of pyridine rings is 1. The Hall–Kier alpha value is -1.29. The first-order chi connectivity index (χ1) is 8.33. The average molecular weight is 236 g/mol. The monoisotopic (exact) mass is 236 g/mol. The molecule has 1 N–H and O–H groups in total. The number of anilines is 1. The third kappa shape index (κ3) is 3.09. The van der Waals surface area contributed by atoms with Crippen molar-refractivity contribution < 1.29 is 9.84 Å². The van der Waals surface area contributed by atoms with E-state index >= 15 is 0 Å². The van der Waals surface area contributed by atoms with E-state index in [1.165, 1.54) is 18.5 Å². The van der Waals surface area contributed by atoms with Gasteiger partial charge in [0, 0.05) is 37.6 Å². The zero-order chi connectivity index (χ0) is 12.1. The molecule has 0 aromatic carbocycles. The molecule has 1 aromatic heterocycles. The van der Waals surface area contributed by atoms with E-state index in [0.29, 0.717) is 11.8 Å². The summed E-state index contributed by atoms with van der Waals surface area (Å²) in [4.78, 5) is 6.47. The molecule has 1 aliphatic heterocycles. The predicted molar refractivity (Wildman–Crippen MR) is 67.4 cm³/mol. The fraction of sp³-hybridized carbons (Fsp3) is 0.615. The van der Waals surface area contributed by atoms with Crippen LogP contribution in [0.3, 0.4) is 0 Å². The van der Waals surface area contributed by atoms with Gasteiger partial charge in [0.2, 0.25) is 5.88 Å². The smallest absolute Gasteiger partial charge is 0.214 e. The molecule has 0 saturated carbocycles. The van der Waals surface area contributed by atoms with Gasteiger partial charge in [-0.15, -0.1) is 0 Å². The molecule has 0 bridgehead atoms. The van der Waals surface area contributed by atoms with Crippen molar-refractivity contribution in [2.45, 2.75) is 19.3 Å². The second-order valence-electron chi connectivity index (χ2n) is 4.52. The molecule has 1 fully saturated rings. The number of rotatable bonds is 4. The van der Waals surface area contributed by atoms with E-state index in [0.717, 1.165) is 19.5 Å². The molecule has 0 amide bonds. The molecule has 0 aliphatic carbocycles. The van der Waals surface area contributed by atoms with Gasteiger partial charge in [-0.05, 0) is 31.2 Å². The number of hydrogen-bond donors (Lipinski definition) is 1. The van der Waals surface area contributed by atoms with Crippen LogP contribution in [-0.4, -0.2) is 36.9 Å². The molecule has 4 nitrogen and oxygen atoms in total. The van der Waals surface area contributed by atoms with Crippen LogP contribution in [-0.2, 0) is 0 Å². The molecule has 1 saturated heterocycles. The maximum absolute atomic E-state index is 9.01. The molecular formula is C13H20N2O2. The highest BCUT2D eigenvalue weighted by atomic mass is 16.5. The minimum absolute atomic E-state index is 0.290. The van der Waals surface area contributed by atoms with Crippen LogP contribution < -0.4 is 9.64 Å². The molecule has 17 heavy (non-hydrogen) atoms. The normalized spacial score (nSPS) is 20.4. The van der Waals surface area contributed by atoms with E-state index in [1.807, 2.05) is 12.1 Å². The Morgan fingerprint density at radius 3 is 3.24 bits per heavy atom. The van der Waals surface area contributed by atoms with Crippen LogP contribution in [0.25, 0.3) is 0 Å². The molecule has 1 unspecified atom stereocenters. The lowest BCUT2D eigenvalue weighted by molar-refractivity contribution is 0.244. The second-order valence-corrected chi connectivity index (χ2v) is 4.52. The molecule has 0 radical (unpaired) electrons. The van der Waals surface area contributed by atoms with Gasteiger partial charge in [0.1, 0.15) is 0 Å². The zero-order valence-electron chi connectivity index (χ0n) is 10.3. The highest BCUT2D eigenvalue weighted by Crippen LogP contribution is 2.26. The molecule has 0 spiro atoms. The second kappa shape index (κ2) is 5.87. The number of methoxy groups -OCH3 is 1. The van der Waals surface area contributed by atoms with Crippen LogP contribution in [0.4, 0.5) is 5.69 Å². The fourth-order valence-electron chi connectivity index (χ4n) is 2.43. The predicted octanol–water partition coefficient (Wildman–Crippen LogP) is 1.69. The van der Waals surface area contributed by atoms with Crippen molar-refractivity contribution in [2.75, 3.05) is 31.7 Å². The molecule has 4 heteroatoms. The van der Waals surface area contributed by atoms with Crippen LogP contribution >= 0.6 is 0 Å². The summed E-state index contributed by atoms with van der Waals surface area (Å²) in [6, 6.07) is 3.99. The third-order valence-electron chi connectivity index (χ3n) is 3.35. The van der Waals surface area contributed by atoms with Gasteiger partial charge >= 0.3 is 0 Å². The molecule has 1 aliphatic rings. The van der Waals surface area contributed by atoms with Gasteiger partial charge in [0.15, 0.2) is 0 Å². The number of aliphatic hydroxyl groups is 1. The van der Waals surface area contributed by atoms with Gasteiger partial charge in [-0.3, -0.25) is 0 Å². The van der Waals surface area contributed by atoms with Gasteiger partial charge in [-0.25, -0.2) is 4.98 Å². The zero-order valence-corrected chi connectivity index (χ0v) is 10.3. The van der Waals surface area contributed by atoms with Gasteiger partial charge in [-0.1, -0.05) is 0 Å². The first-order valence-electron chi connectivity index (χ1n) is 6.19. The molecule has 94 valence electrons. The first-order valence-corrected chi connectivity index (χ1v) is 6.19. The molecule has 1 atom stereocenters. The number of nitrogens with zero attached hydrogens (tertiary/aromatic N) is 2. The van der Waals surface area contributed by atoms with Gasteiger partial charge < -0.3 is 14.7 Å². The van der Waals surface area contributed by atoms with Crippen molar-refractivity contribution in [3.8, 4) is 5.88 Å². The lowest BCUT2D eigenvalue weighted by Crippen LogP contribution is -2.35. The van der Waals surface area contributed by atoms with Crippen molar-refractivity contribution in [1.29, 1.82) is 0 Å². The lowest BCUT2D eigenvalue weighted by Gasteiger charge is -2.34. The van der Waals surface area contributed by atoms with Gasteiger partial charge in [-0.2, -0.15) is 0 Å². The molecule has 1 aromatic rings. The summed E-state index contributed by atoms with van der Waals surface area (Å²) in [5.41, 5.74) is 1.17. The largest absolute Gasteiger partial charge is 0.481 e. The highest BCUT2D eigenvalue weighted by Gasteiger charge is 2.19. The van der Waals surface area contributed by atoms with Crippen LogP contribution in [0.1, 0.15) is 19.3 Å². The van der Waals surface area contributed by atoms with Gasteiger partial charge in [0.25, 0.3) is 0 Å². The third-order valence-corrected chi connectivity index (χ3v) is 3.35. The lowest BCUT2D eigenvalue weighted by atomic mass is 9.95. The number of ether oxygens (including phenoxy) is 1. The first kappa shape index (κ1) is 12.2.